The number of fused-ring (bicyclic) bond motifs is 1. The van der Waals surface area contributed by atoms with E-state index in [-0.39, 0.29) is 35.2 Å². The van der Waals surface area contributed by atoms with E-state index in [9.17, 15) is 14.7 Å². The maximum Gasteiger partial charge on any atom is 0.204 e. The molecule has 0 spiro atoms. The predicted octanol–water partition coefficient (Wildman–Crippen LogP) is -0.229. The molecule has 0 aromatic rings. The summed E-state index contributed by atoms with van der Waals surface area (Å²) in [7, 11) is 0. The molecule has 3 nitrogen and oxygen atoms in total. The highest BCUT2D eigenvalue weighted by Gasteiger charge is 2.63. The highest BCUT2D eigenvalue weighted by Crippen LogP contribution is 2.56. The Morgan fingerprint density at radius 2 is 1.92 bits per heavy atom. The smallest absolute Gasteiger partial charge is 0.204 e. The molecule has 12 heavy (non-hydrogen) atoms. The molecule has 3 aliphatic carbocycles. The first-order chi connectivity index (χ1) is 5.70. The Morgan fingerprint density at radius 3 is 2.50 bits per heavy atom. The van der Waals surface area contributed by atoms with Gasteiger partial charge in [-0.2, -0.15) is 0 Å². The second-order valence-corrected chi connectivity index (χ2v) is 4.25. The second kappa shape index (κ2) is 1.79. The van der Waals surface area contributed by atoms with Crippen LogP contribution in [-0.2, 0) is 9.59 Å². The molecule has 3 heteroatoms. The third-order valence-corrected chi connectivity index (χ3v) is 3.84. The summed E-state index contributed by atoms with van der Waals surface area (Å²) in [4.78, 5) is 22.6. The Bertz CT molecular complexity index is 283. The van der Waals surface area contributed by atoms with Crippen molar-refractivity contribution in [2.45, 2.75) is 18.9 Å². The fourth-order valence-corrected chi connectivity index (χ4v) is 3.33. The van der Waals surface area contributed by atoms with E-state index >= 15 is 0 Å². The van der Waals surface area contributed by atoms with Gasteiger partial charge in [0.15, 0.2) is 0 Å². The topological polar surface area (TPSA) is 54.4 Å². The summed E-state index contributed by atoms with van der Waals surface area (Å²) in [6.45, 7) is 0. The number of rotatable bonds is 0. The molecule has 2 bridgehead atoms. The number of Topliss-reactive ketones (excluding diaryl/α,β-unsaturated/α-hetero) is 2. The van der Waals surface area contributed by atoms with Crippen molar-refractivity contribution in [3.8, 4) is 0 Å². The van der Waals surface area contributed by atoms with Gasteiger partial charge >= 0.3 is 0 Å². The lowest BCUT2D eigenvalue weighted by molar-refractivity contribution is -0.137. The summed E-state index contributed by atoms with van der Waals surface area (Å²) in [5.74, 6) is -0.399. The fraction of sp³-hybridized carbons (Fsp3) is 0.778. The summed E-state index contributed by atoms with van der Waals surface area (Å²) < 4.78 is 0. The van der Waals surface area contributed by atoms with Gasteiger partial charge < -0.3 is 5.11 Å². The molecule has 3 fully saturated rings. The van der Waals surface area contributed by atoms with Gasteiger partial charge in [0.2, 0.25) is 11.6 Å². The van der Waals surface area contributed by atoms with Crippen LogP contribution in [0.1, 0.15) is 12.8 Å². The van der Waals surface area contributed by atoms with Gasteiger partial charge in [0, 0.05) is 5.92 Å². The molecule has 0 amide bonds. The van der Waals surface area contributed by atoms with Gasteiger partial charge in [-0.05, 0) is 24.7 Å². The number of carbonyl (C=O) groups is 2. The fourth-order valence-electron chi connectivity index (χ4n) is 3.33. The normalized spacial score (nSPS) is 55.6. The Labute approximate surface area is 69.8 Å². The maximum atomic E-state index is 11.3. The van der Waals surface area contributed by atoms with E-state index in [0.717, 1.165) is 12.8 Å². The minimum atomic E-state index is -0.509. The predicted molar refractivity (Wildman–Crippen MR) is 39.2 cm³/mol. The Morgan fingerprint density at radius 1 is 1.17 bits per heavy atom. The van der Waals surface area contributed by atoms with Gasteiger partial charge in [0.1, 0.15) is 0 Å². The van der Waals surface area contributed by atoms with Gasteiger partial charge in [-0.15, -0.1) is 0 Å². The van der Waals surface area contributed by atoms with Crippen LogP contribution in [0.5, 0.6) is 0 Å². The molecule has 0 radical (unpaired) electrons. The lowest BCUT2D eigenvalue weighted by Crippen LogP contribution is -2.29. The zero-order chi connectivity index (χ0) is 8.46. The minimum absolute atomic E-state index is 0.0177. The summed E-state index contributed by atoms with van der Waals surface area (Å²) in [5.41, 5.74) is 0. The van der Waals surface area contributed by atoms with Crippen LogP contribution in [0.25, 0.3) is 0 Å². The van der Waals surface area contributed by atoms with Crippen molar-refractivity contribution in [2.24, 2.45) is 23.7 Å². The molecule has 64 valence electrons. The van der Waals surface area contributed by atoms with Crippen LogP contribution in [-0.4, -0.2) is 22.8 Å². The van der Waals surface area contributed by atoms with Crippen molar-refractivity contribution < 1.29 is 14.7 Å². The van der Waals surface area contributed by atoms with E-state index in [4.69, 9.17) is 0 Å². The lowest BCUT2D eigenvalue weighted by Gasteiger charge is -2.20. The van der Waals surface area contributed by atoms with Gasteiger partial charge in [-0.25, -0.2) is 0 Å². The van der Waals surface area contributed by atoms with Crippen LogP contribution in [0, 0.1) is 23.7 Å². The molecule has 5 atom stereocenters. The molecule has 1 N–H and O–H groups in total. The first-order valence-corrected chi connectivity index (χ1v) is 4.46. The molecule has 3 saturated carbocycles. The average molecular weight is 166 g/mol. The largest absolute Gasteiger partial charge is 0.392 e. The van der Waals surface area contributed by atoms with Crippen LogP contribution in [0.4, 0.5) is 0 Å². The van der Waals surface area contributed by atoms with E-state index in [1.165, 1.54) is 0 Å². The van der Waals surface area contributed by atoms with Crippen molar-refractivity contribution in [3.63, 3.8) is 0 Å². The number of ketones is 2. The third kappa shape index (κ3) is 0.514. The van der Waals surface area contributed by atoms with Crippen molar-refractivity contribution in [2.75, 3.05) is 0 Å². The standard InChI is InChI=1S/C9H10O3/c10-7-3-1-4-5(2-3)8(11)9(12)6(4)7/h3-7,10H,1-2H2. The monoisotopic (exact) mass is 166 g/mol. The van der Waals surface area contributed by atoms with Crippen molar-refractivity contribution in [1.82, 2.24) is 0 Å². The molecule has 5 unspecified atom stereocenters. The molecule has 3 aliphatic rings. The highest BCUT2D eigenvalue weighted by atomic mass is 16.3. The van der Waals surface area contributed by atoms with Crippen LogP contribution >= 0.6 is 0 Å². The molecular formula is C9H10O3. The number of carbonyl (C=O) groups excluding carboxylic acids is 2. The van der Waals surface area contributed by atoms with Gasteiger partial charge in [-0.3, -0.25) is 9.59 Å². The van der Waals surface area contributed by atoms with E-state index in [0.29, 0.717) is 0 Å². The molecule has 0 aliphatic heterocycles. The third-order valence-electron chi connectivity index (χ3n) is 3.84. The molecule has 0 aromatic heterocycles. The highest BCUT2D eigenvalue weighted by molar-refractivity contribution is 6.41. The zero-order valence-corrected chi connectivity index (χ0v) is 6.56. The Kier molecular flexibility index (Phi) is 1.01. The number of aliphatic hydroxyl groups is 1. The van der Waals surface area contributed by atoms with Crippen LogP contribution in [0.3, 0.4) is 0 Å². The van der Waals surface area contributed by atoms with Gasteiger partial charge in [0.05, 0.1) is 12.0 Å². The molecular weight excluding hydrogens is 156 g/mol. The Hall–Kier alpha value is -0.700. The number of hydrogen-bond donors (Lipinski definition) is 1. The first kappa shape index (κ1) is 6.78. The first-order valence-electron chi connectivity index (χ1n) is 4.46. The SMILES string of the molecule is O=C1C(=O)C2C(O)C3CC1C2C3. The molecule has 0 heterocycles. The van der Waals surface area contributed by atoms with Crippen molar-refractivity contribution in [1.29, 1.82) is 0 Å². The summed E-state index contributed by atoms with van der Waals surface area (Å²) in [6.07, 6.45) is 1.14. The molecule has 0 aromatic carbocycles. The zero-order valence-electron chi connectivity index (χ0n) is 6.56. The summed E-state index contributed by atoms with van der Waals surface area (Å²) in [5, 5.41) is 9.62. The summed E-state index contributed by atoms with van der Waals surface area (Å²) >= 11 is 0. The molecule has 3 rings (SSSR count). The van der Waals surface area contributed by atoms with Crippen molar-refractivity contribution >= 4 is 11.6 Å². The summed E-state index contributed by atoms with van der Waals surface area (Å²) in [6, 6.07) is 0. The average Bonchev–Trinajstić information content (AvgIpc) is 2.62. The number of hydrogen-bond acceptors (Lipinski definition) is 3. The second-order valence-electron chi connectivity index (χ2n) is 4.25. The van der Waals surface area contributed by atoms with Crippen LogP contribution in [0.15, 0.2) is 0 Å². The van der Waals surface area contributed by atoms with E-state index in [1.54, 1.807) is 0 Å². The van der Waals surface area contributed by atoms with E-state index in [2.05, 4.69) is 0 Å². The quantitative estimate of drug-likeness (QED) is 0.506. The van der Waals surface area contributed by atoms with E-state index in [1.807, 2.05) is 0 Å². The maximum absolute atomic E-state index is 11.3. The molecule has 0 saturated heterocycles. The lowest BCUT2D eigenvalue weighted by atomic mass is 9.86. The van der Waals surface area contributed by atoms with Gasteiger partial charge in [-0.1, -0.05) is 0 Å². The van der Waals surface area contributed by atoms with E-state index < -0.39 is 6.10 Å². The Balaban J connectivity index is 2.11. The van der Waals surface area contributed by atoms with Crippen LogP contribution in [0.2, 0.25) is 0 Å². The van der Waals surface area contributed by atoms with Crippen molar-refractivity contribution in [3.05, 3.63) is 0 Å². The number of aliphatic hydroxyl groups excluding tert-OH is 1. The van der Waals surface area contributed by atoms with Gasteiger partial charge in [0.25, 0.3) is 0 Å². The van der Waals surface area contributed by atoms with Crippen LogP contribution < -0.4 is 0 Å². The minimum Gasteiger partial charge on any atom is -0.392 e.